The van der Waals surface area contributed by atoms with Gasteiger partial charge in [0.1, 0.15) is 67.1 Å². The van der Waals surface area contributed by atoms with Crippen molar-refractivity contribution in [3.05, 3.63) is 0 Å². The lowest BCUT2D eigenvalue weighted by Gasteiger charge is -2.62. The van der Waals surface area contributed by atoms with Crippen molar-refractivity contribution in [3.63, 3.8) is 0 Å². The van der Waals surface area contributed by atoms with Gasteiger partial charge in [0.15, 0.2) is 18.9 Å². The summed E-state index contributed by atoms with van der Waals surface area (Å²) in [6.07, 6.45) is -16.6. The summed E-state index contributed by atoms with van der Waals surface area (Å²) in [5.41, 5.74) is -0.803. The summed E-state index contributed by atoms with van der Waals surface area (Å²) >= 11 is 0. The normalized spacial score (nSPS) is 53.1. The van der Waals surface area contributed by atoms with Crippen LogP contribution in [0.15, 0.2) is 0 Å². The van der Waals surface area contributed by atoms with Gasteiger partial charge >= 0.3 is 0 Å². The summed E-state index contributed by atoms with van der Waals surface area (Å²) < 4.78 is 35.8. The number of fused-ring (bicyclic) bond motifs is 5. The Labute approximate surface area is 364 Å². The zero-order valence-electron chi connectivity index (χ0n) is 36.7. The number of aliphatic hydroxyl groups is 12. The molecule has 18 nitrogen and oxygen atoms in total. The van der Waals surface area contributed by atoms with Gasteiger partial charge in [-0.2, -0.15) is 0 Å². The molecular formula is C44H76O18. The fourth-order valence-corrected chi connectivity index (χ4v) is 13.3. The Morgan fingerprint density at radius 1 is 0.645 bits per heavy atom. The summed E-state index contributed by atoms with van der Waals surface area (Å²) in [5.74, 6) is 0.453. The van der Waals surface area contributed by atoms with E-state index in [9.17, 15) is 61.3 Å². The van der Waals surface area contributed by atoms with Crippen molar-refractivity contribution in [2.24, 2.45) is 52.3 Å². The molecule has 7 fully saturated rings. The molecule has 0 amide bonds. The molecule has 62 heavy (non-hydrogen) atoms. The van der Waals surface area contributed by atoms with Gasteiger partial charge in [0.05, 0.1) is 44.2 Å². The lowest BCUT2D eigenvalue weighted by Crippen LogP contribution is -2.65. The maximum absolute atomic E-state index is 12.4. The van der Waals surface area contributed by atoms with E-state index < -0.39 is 123 Å². The molecule has 0 radical (unpaired) electrons. The standard InChI is InChI=1S/C44H76O18/c1-18(2)6-9-25(47)19(3)31-27(59-40-36(54)32(50)26(48)17-57-40)13-24-22-8-7-20-12-21(10-11-43(20,4)23(22)14-30(49)44(24,31)5)58-41-38(56)35(53)39(29(16-46)61-41)62-42-37(55)34(52)33(51)28(15-45)60-42/h18-42,45-56H,6-17H2,1-5H3. The second kappa shape index (κ2) is 19.5. The van der Waals surface area contributed by atoms with Crippen LogP contribution in [0.3, 0.4) is 0 Å². The van der Waals surface area contributed by atoms with Gasteiger partial charge in [-0.3, -0.25) is 0 Å². The average Bonchev–Trinajstić information content (AvgIpc) is 3.55. The van der Waals surface area contributed by atoms with Gasteiger partial charge < -0.3 is 89.7 Å². The maximum Gasteiger partial charge on any atom is 0.187 e. The predicted molar refractivity (Wildman–Crippen MR) is 215 cm³/mol. The molecule has 3 heterocycles. The third-order valence-corrected chi connectivity index (χ3v) is 17.1. The van der Waals surface area contributed by atoms with Crippen LogP contribution < -0.4 is 0 Å². The average molecular weight is 893 g/mol. The first kappa shape index (κ1) is 49.2. The molecule has 0 aromatic heterocycles. The molecule has 0 aromatic rings. The summed E-state index contributed by atoms with van der Waals surface area (Å²) in [7, 11) is 0. The number of hydrogen-bond donors (Lipinski definition) is 12. The van der Waals surface area contributed by atoms with E-state index in [1.165, 1.54) is 0 Å². The number of hydrogen-bond acceptors (Lipinski definition) is 18. The minimum absolute atomic E-state index is 0.0230. The van der Waals surface area contributed by atoms with Crippen LogP contribution in [-0.2, 0) is 28.4 Å². The highest BCUT2D eigenvalue weighted by Gasteiger charge is 2.67. The fraction of sp³-hybridized carbons (Fsp3) is 1.00. The van der Waals surface area contributed by atoms with Crippen LogP contribution in [0.2, 0.25) is 0 Å². The molecule has 26 atom stereocenters. The van der Waals surface area contributed by atoms with Crippen LogP contribution in [0.5, 0.6) is 0 Å². The molecular weight excluding hydrogens is 816 g/mol. The van der Waals surface area contributed by atoms with Gasteiger partial charge in [0.25, 0.3) is 0 Å². The monoisotopic (exact) mass is 893 g/mol. The molecule has 4 aliphatic carbocycles. The first-order valence-corrected chi connectivity index (χ1v) is 23.2. The molecule has 26 unspecified atom stereocenters. The Bertz CT molecular complexity index is 1460. The van der Waals surface area contributed by atoms with E-state index in [1.54, 1.807) is 0 Å². The maximum atomic E-state index is 12.4. The molecule has 3 saturated heterocycles. The number of ether oxygens (including phenoxy) is 6. The zero-order valence-corrected chi connectivity index (χ0v) is 36.7. The van der Waals surface area contributed by atoms with Gasteiger partial charge in [-0.1, -0.05) is 34.6 Å². The van der Waals surface area contributed by atoms with Gasteiger partial charge in [-0.15, -0.1) is 0 Å². The van der Waals surface area contributed by atoms with Crippen LogP contribution in [0, 0.1) is 52.3 Å². The summed E-state index contributed by atoms with van der Waals surface area (Å²) in [6, 6.07) is 0. The zero-order chi connectivity index (χ0) is 45.2. The predicted octanol–water partition coefficient (Wildman–Crippen LogP) is -1.51. The molecule has 0 spiro atoms. The molecule has 7 rings (SSSR count). The Balaban J connectivity index is 1.03. The molecule has 3 aliphatic heterocycles. The van der Waals surface area contributed by atoms with E-state index in [1.807, 2.05) is 6.92 Å². The van der Waals surface area contributed by atoms with Gasteiger partial charge in [-0.05, 0) is 105 Å². The summed E-state index contributed by atoms with van der Waals surface area (Å²) in [5, 5.41) is 129. The van der Waals surface area contributed by atoms with Crippen LogP contribution in [-0.4, -0.2) is 192 Å². The lowest BCUT2D eigenvalue weighted by molar-refractivity contribution is -0.364. The fourth-order valence-electron chi connectivity index (χ4n) is 13.3. The molecule has 360 valence electrons. The van der Waals surface area contributed by atoms with E-state index in [0.29, 0.717) is 38.0 Å². The summed E-state index contributed by atoms with van der Waals surface area (Å²) in [4.78, 5) is 0. The van der Waals surface area contributed by atoms with Gasteiger partial charge in [0, 0.05) is 5.41 Å². The van der Waals surface area contributed by atoms with Crippen LogP contribution in [0.25, 0.3) is 0 Å². The van der Waals surface area contributed by atoms with E-state index in [2.05, 4.69) is 27.7 Å². The third kappa shape index (κ3) is 8.92. The minimum Gasteiger partial charge on any atom is -0.394 e. The topological polar surface area (TPSA) is 298 Å². The van der Waals surface area contributed by atoms with Crippen LogP contribution in [0.1, 0.15) is 92.4 Å². The molecule has 7 aliphatic rings. The Hall–Kier alpha value is -0.720. The van der Waals surface area contributed by atoms with Gasteiger partial charge in [0.2, 0.25) is 0 Å². The van der Waals surface area contributed by atoms with Crippen molar-refractivity contribution in [1.29, 1.82) is 0 Å². The molecule has 0 bridgehead atoms. The quantitative estimate of drug-likeness (QED) is 0.0937. The SMILES string of the molecule is CC(C)CCC(O)C(C)C1C(OC2OCC(O)C(O)C2O)CC2C3CCC4CC(OC5OC(CO)C(OC6OC(CO)C(O)C(O)C6O)C(O)C5O)CCC4(C)C3CC(O)C21C. The highest BCUT2D eigenvalue weighted by Crippen LogP contribution is 2.69. The third-order valence-electron chi connectivity index (χ3n) is 17.1. The van der Waals surface area contributed by atoms with E-state index in [4.69, 9.17) is 28.4 Å². The van der Waals surface area contributed by atoms with Crippen LogP contribution in [0.4, 0.5) is 0 Å². The first-order chi connectivity index (χ1) is 29.3. The van der Waals surface area contributed by atoms with E-state index in [0.717, 1.165) is 25.7 Å². The van der Waals surface area contributed by atoms with Crippen molar-refractivity contribution in [1.82, 2.24) is 0 Å². The molecule has 18 heteroatoms. The smallest absolute Gasteiger partial charge is 0.187 e. The number of rotatable bonds is 13. The number of aliphatic hydroxyl groups excluding tert-OH is 12. The lowest BCUT2D eigenvalue weighted by atomic mass is 9.43. The molecule has 12 N–H and O–H groups in total. The Kier molecular flexibility index (Phi) is 15.5. The van der Waals surface area contributed by atoms with E-state index >= 15 is 0 Å². The molecule has 0 aromatic carbocycles. The second-order valence-electron chi connectivity index (χ2n) is 20.9. The molecule has 4 saturated carbocycles. The second-order valence-corrected chi connectivity index (χ2v) is 20.9. The van der Waals surface area contributed by atoms with Gasteiger partial charge in [-0.25, -0.2) is 0 Å². The van der Waals surface area contributed by atoms with Crippen molar-refractivity contribution in [3.8, 4) is 0 Å². The van der Waals surface area contributed by atoms with Crippen molar-refractivity contribution in [2.45, 2.75) is 203 Å². The highest BCUT2D eigenvalue weighted by atomic mass is 16.7. The van der Waals surface area contributed by atoms with Crippen LogP contribution >= 0.6 is 0 Å². The van der Waals surface area contributed by atoms with E-state index in [-0.39, 0.29) is 53.6 Å². The first-order valence-electron chi connectivity index (χ1n) is 23.2. The van der Waals surface area contributed by atoms with Crippen molar-refractivity contribution in [2.75, 3.05) is 19.8 Å². The van der Waals surface area contributed by atoms with Crippen molar-refractivity contribution >= 4 is 0 Å². The van der Waals surface area contributed by atoms with Crippen molar-refractivity contribution < 1.29 is 89.7 Å². The highest BCUT2D eigenvalue weighted by molar-refractivity contribution is 5.15. The largest absolute Gasteiger partial charge is 0.394 e. The summed E-state index contributed by atoms with van der Waals surface area (Å²) in [6.45, 7) is 9.15. The Morgan fingerprint density at radius 3 is 1.97 bits per heavy atom. The minimum atomic E-state index is -1.77. The Morgan fingerprint density at radius 2 is 1.29 bits per heavy atom.